The first kappa shape index (κ1) is 17.0. The summed E-state index contributed by atoms with van der Waals surface area (Å²) in [6, 6.07) is 4.79. The number of carbonyl (C=O) groups is 1. The van der Waals surface area contributed by atoms with Crippen molar-refractivity contribution in [1.29, 1.82) is 0 Å². The van der Waals surface area contributed by atoms with Crippen LogP contribution in [0.5, 0.6) is 0 Å². The Labute approximate surface area is 127 Å². The highest BCUT2D eigenvalue weighted by atomic mass is 35.5. The number of nitrogen functional groups attached to an aromatic ring is 1. The second-order valence-electron chi connectivity index (χ2n) is 4.62. The zero-order valence-corrected chi connectivity index (χ0v) is 13.4. The fourth-order valence-electron chi connectivity index (χ4n) is 1.66. The highest BCUT2D eigenvalue weighted by molar-refractivity contribution is 7.86. The molecule has 1 aromatic rings. The Kier molecular flexibility index (Phi) is 7.02. The van der Waals surface area contributed by atoms with E-state index in [2.05, 4.69) is 12.2 Å². The van der Waals surface area contributed by atoms with Crippen molar-refractivity contribution in [3.05, 3.63) is 23.2 Å². The minimum absolute atomic E-state index is 0.201. The predicted molar refractivity (Wildman–Crippen MR) is 84.3 cm³/mol. The SMILES string of the molecule is CCCCCNC(=O)C(C)S(=O)c1ccc(N)c(Cl)c1. The molecule has 0 aliphatic rings. The molecule has 0 aliphatic carbocycles. The zero-order valence-electron chi connectivity index (χ0n) is 11.8. The van der Waals surface area contributed by atoms with Crippen LogP contribution in [0.1, 0.15) is 33.1 Å². The van der Waals surface area contributed by atoms with Crippen LogP contribution < -0.4 is 11.1 Å². The summed E-state index contributed by atoms with van der Waals surface area (Å²) in [6.07, 6.45) is 3.11. The van der Waals surface area contributed by atoms with Crippen molar-refractivity contribution < 1.29 is 9.00 Å². The summed E-state index contributed by atoms with van der Waals surface area (Å²) >= 11 is 5.90. The maximum atomic E-state index is 12.3. The van der Waals surface area contributed by atoms with Crippen molar-refractivity contribution >= 4 is 34.0 Å². The molecule has 0 fully saturated rings. The molecule has 112 valence electrons. The lowest BCUT2D eigenvalue weighted by atomic mass is 10.2. The molecule has 1 rings (SSSR count). The van der Waals surface area contributed by atoms with E-state index in [-0.39, 0.29) is 5.91 Å². The molecule has 4 nitrogen and oxygen atoms in total. The normalized spacial score (nSPS) is 13.8. The van der Waals surface area contributed by atoms with Crippen LogP contribution >= 0.6 is 11.6 Å². The third-order valence-electron chi connectivity index (χ3n) is 2.97. The van der Waals surface area contributed by atoms with Crippen LogP contribution in [0, 0.1) is 0 Å². The molecule has 0 heterocycles. The van der Waals surface area contributed by atoms with Crippen LogP contribution in [0.4, 0.5) is 5.69 Å². The van der Waals surface area contributed by atoms with Crippen molar-refractivity contribution in [3.8, 4) is 0 Å². The Morgan fingerprint density at radius 1 is 1.45 bits per heavy atom. The van der Waals surface area contributed by atoms with E-state index in [1.807, 2.05) is 0 Å². The molecule has 6 heteroatoms. The van der Waals surface area contributed by atoms with Gasteiger partial charge in [0.1, 0.15) is 5.25 Å². The van der Waals surface area contributed by atoms with Gasteiger partial charge in [-0.05, 0) is 31.5 Å². The monoisotopic (exact) mass is 316 g/mol. The van der Waals surface area contributed by atoms with Crippen LogP contribution in [-0.4, -0.2) is 21.9 Å². The van der Waals surface area contributed by atoms with E-state index in [4.69, 9.17) is 17.3 Å². The number of benzene rings is 1. The minimum Gasteiger partial charge on any atom is -0.398 e. The first-order valence-electron chi connectivity index (χ1n) is 6.70. The van der Waals surface area contributed by atoms with Gasteiger partial charge in [-0.3, -0.25) is 9.00 Å². The number of hydrogen-bond acceptors (Lipinski definition) is 3. The molecule has 0 radical (unpaired) electrons. The van der Waals surface area contributed by atoms with Crippen LogP contribution in [0.15, 0.2) is 23.1 Å². The van der Waals surface area contributed by atoms with Gasteiger partial charge in [-0.1, -0.05) is 31.4 Å². The fourth-order valence-corrected chi connectivity index (χ4v) is 3.03. The predicted octanol–water partition coefficient (Wildman–Crippen LogP) is 2.72. The van der Waals surface area contributed by atoms with Crippen molar-refractivity contribution in [1.82, 2.24) is 5.32 Å². The Balaban J connectivity index is 2.61. The Hall–Kier alpha value is -1.07. The largest absolute Gasteiger partial charge is 0.398 e. The number of unbranched alkanes of at least 4 members (excludes halogenated alkanes) is 2. The summed E-state index contributed by atoms with van der Waals surface area (Å²) in [5.74, 6) is -0.201. The van der Waals surface area contributed by atoms with Gasteiger partial charge in [0.15, 0.2) is 0 Å². The lowest BCUT2D eigenvalue weighted by molar-refractivity contribution is -0.120. The van der Waals surface area contributed by atoms with E-state index >= 15 is 0 Å². The molecular formula is C14H21ClN2O2S. The Morgan fingerprint density at radius 3 is 2.75 bits per heavy atom. The number of nitrogens with one attached hydrogen (secondary N) is 1. The summed E-state index contributed by atoms with van der Waals surface area (Å²) in [5.41, 5.74) is 6.04. The zero-order chi connectivity index (χ0) is 15.1. The summed E-state index contributed by atoms with van der Waals surface area (Å²) < 4.78 is 12.3. The standard InChI is InChI=1S/C14H21ClN2O2S/c1-3-4-5-8-17-14(18)10(2)20(19)11-6-7-13(16)12(15)9-11/h6-7,9-10H,3-5,8,16H2,1-2H3,(H,17,18). The molecule has 2 unspecified atom stereocenters. The molecule has 0 saturated carbocycles. The first-order chi connectivity index (χ1) is 9.47. The second kappa shape index (κ2) is 8.27. The van der Waals surface area contributed by atoms with Crippen LogP contribution in [0.25, 0.3) is 0 Å². The number of carbonyl (C=O) groups excluding carboxylic acids is 1. The van der Waals surface area contributed by atoms with Crippen LogP contribution in [0.2, 0.25) is 5.02 Å². The van der Waals surface area contributed by atoms with Gasteiger partial charge in [0.05, 0.1) is 21.5 Å². The maximum Gasteiger partial charge on any atom is 0.235 e. The van der Waals surface area contributed by atoms with E-state index in [0.717, 1.165) is 19.3 Å². The van der Waals surface area contributed by atoms with Gasteiger partial charge in [-0.25, -0.2) is 0 Å². The van der Waals surface area contributed by atoms with Crippen LogP contribution in [0.3, 0.4) is 0 Å². The summed E-state index contributed by atoms with van der Waals surface area (Å²) in [6.45, 7) is 4.37. The number of rotatable bonds is 7. The molecule has 0 saturated heterocycles. The Bertz CT molecular complexity index is 494. The van der Waals surface area contributed by atoms with Crippen molar-refractivity contribution in [2.75, 3.05) is 12.3 Å². The number of amides is 1. The minimum atomic E-state index is -1.44. The highest BCUT2D eigenvalue weighted by Crippen LogP contribution is 2.23. The average Bonchev–Trinajstić information content (AvgIpc) is 2.44. The number of halogens is 1. The number of anilines is 1. The van der Waals surface area contributed by atoms with Gasteiger partial charge < -0.3 is 11.1 Å². The second-order valence-corrected chi connectivity index (χ2v) is 6.80. The topological polar surface area (TPSA) is 72.2 Å². The van der Waals surface area contributed by atoms with Gasteiger partial charge in [-0.15, -0.1) is 0 Å². The molecule has 0 bridgehead atoms. The Morgan fingerprint density at radius 2 is 2.15 bits per heavy atom. The molecule has 1 amide bonds. The summed E-state index contributed by atoms with van der Waals surface area (Å²) in [5, 5.41) is 2.54. The summed E-state index contributed by atoms with van der Waals surface area (Å²) in [4.78, 5) is 12.4. The molecule has 1 aromatic carbocycles. The average molecular weight is 317 g/mol. The van der Waals surface area contributed by atoms with Crippen molar-refractivity contribution in [2.45, 2.75) is 43.3 Å². The fraction of sp³-hybridized carbons (Fsp3) is 0.500. The van der Waals surface area contributed by atoms with E-state index in [1.54, 1.807) is 25.1 Å². The van der Waals surface area contributed by atoms with Crippen LogP contribution in [-0.2, 0) is 15.6 Å². The van der Waals surface area contributed by atoms with E-state index in [0.29, 0.717) is 22.2 Å². The molecule has 0 aliphatic heterocycles. The molecule has 0 aromatic heterocycles. The lowest BCUT2D eigenvalue weighted by Gasteiger charge is -2.12. The third-order valence-corrected chi connectivity index (χ3v) is 4.88. The van der Waals surface area contributed by atoms with Gasteiger partial charge in [0.2, 0.25) is 5.91 Å². The molecular weight excluding hydrogens is 296 g/mol. The number of hydrogen-bond donors (Lipinski definition) is 2. The molecule has 20 heavy (non-hydrogen) atoms. The summed E-state index contributed by atoms with van der Waals surface area (Å²) in [7, 11) is -1.44. The molecule has 2 atom stereocenters. The van der Waals surface area contributed by atoms with E-state index in [1.165, 1.54) is 0 Å². The highest BCUT2D eigenvalue weighted by Gasteiger charge is 2.21. The van der Waals surface area contributed by atoms with Gasteiger partial charge in [0, 0.05) is 11.4 Å². The quantitative estimate of drug-likeness (QED) is 0.600. The van der Waals surface area contributed by atoms with E-state index < -0.39 is 16.0 Å². The van der Waals surface area contributed by atoms with E-state index in [9.17, 15) is 9.00 Å². The van der Waals surface area contributed by atoms with Gasteiger partial charge in [0.25, 0.3) is 0 Å². The first-order valence-corrected chi connectivity index (χ1v) is 8.29. The lowest BCUT2D eigenvalue weighted by Crippen LogP contribution is -2.36. The molecule has 3 N–H and O–H groups in total. The number of nitrogens with two attached hydrogens (primary N) is 1. The van der Waals surface area contributed by atoms with Crippen molar-refractivity contribution in [3.63, 3.8) is 0 Å². The van der Waals surface area contributed by atoms with Crippen molar-refractivity contribution in [2.24, 2.45) is 0 Å². The van der Waals surface area contributed by atoms with Gasteiger partial charge >= 0.3 is 0 Å². The smallest absolute Gasteiger partial charge is 0.235 e. The maximum absolute atomic E-state index is 12.3. The van der Waals surface area contributed by atoms with Gasteiger partial charge in [-0.2, -0.15) is 0 Å². The third kappa shape index (κ3) is 4.80. The molecule has 0 spiro atoms.